The van der Waals surface area contributed by atoms with E-state index in [9.17, 15) is 24.0 Å². The predicted molar refractivity (Wildman–Crippen MR) is 83.7 cm³/mol. The number of hydrogen-bond donors (Lipinski definition) is 0. The van der Waals surface area contributed by atoms with Crippen LogP contribution in [-0.4, -0.2) is 67.2 Å². The summed E-state index contributed by atoms with van der Waals surface area (Å²) in [6.45, 7) is 5.13. The van der Waals surface area contributed by atoms with Gasteiger partial charge >= 0.3 is 29.8 Å². The summed E-state index contributed by atoms with van der Waals surface area (Å²) in [5.74, 6) is -3.71. The molecule has 5 atom stereocenters. The lowest BCUT2D eigenvalue weighted by Crippen LogP contribution is -2.63. The lowest BCUT2D eigenvalue weighted by Gasteiger charge is -2.43. The van der Waals surface area contributed by atoms with Crippen molar-refractivity contribution >= 4 is 29.8 Å². The highest BCUT2D eigenvalue weighted by molar-refractivity contribution is 5.69. The van der Waals surface area contributed by atoms with Gasteiger partial charge in [-0.05, 0) is 0 Å². The van der Waals surface area contributed by atoms with Gasteiger partial charge < -0.3 is 28.4 Å². The molecule has 0 radical (unpaired) electrons. The number of hydrogen-bond acceptors (Lipinski definition) is 11. The second-order valence-corrected chi connectivity index (χ2v) is 5.68. The summed E-state index contributed by atoms with van der Waals surface area (Å²) in [5, 5.41) is 0. The third-order valence-corrected chi connectivity index (χ3v) is 3.23. The molecule has 1 heterocycles. The lowest BCUT2D eigenvalue weighted by molar-refractivity contribution is -0.300. The Morgan fingerprint density at radius 3 is 1.52 bits per heavy atom. The van der Waals surface area contributed by atoms with E-state index in [0.717, 1.165) is 34.6 Å². The van der Waals surface area contributed by atoms with Crippen molar-refractivity contribution in [3.05, 3.63) is 0 Å². The summed E-state index contributed by atoms with van der Waals surface area (Å²) in [6.07, 6.45) is -6.70. The maximum Gasteiger partial charge on any atom is 0.305 e. The van der Waals surface area contributed by atoms with Gasteiger partial charge in [0.15, 0.2) is 12.2 Å². The van der Waals surface area contributed by atoms with E-state index in [1.54, 1.807) is 0 Å². The van der Waals surface area contributed by atoms with Gasteiger partial charge in [-0.3, -0.25) is 24.0 Å². The van der Waals surface area contributed by atoms with E-state index in [0.29, 0.717) is 0 Å². The zero-order valence-electron chi connectivity index (χ0n) is 15.6. The number of carbonyl (C=O) groups is 5. The third kappa shape index (κ3) is 7.21. The molecule has 0 aromatic carbocycles. The van der Waals surface area contributed by atoms with Crippen LogP contribution in [0.5, 0.6) is 0 Å². The predicted octanol–water partition coefficient (Wildman–Crippen LogP) is -0.367. The lowest BCUT2D eigenvalue weighted by atomic mass is 9.98. The Kier molecular flexibility index (Phi) is 8.16. The maximum absolute atomic E-state index is 11.5. The van der Waals surface area contributed by atoms with E-state index in [2.05, 4.69) is 0 Å². The monoisotopic (exact) mass is 390 g/mol. The van der Waals surface area contributed by atoms with Crippen molar-refractivity contribution in [2.45, 2.75) is 65.3 Å². The first-order valence-electron chi connectivity index (χ1n) is 7.99. The Bertz CT molecular complexity index is 599. The first kappa shape index (κ1) is 22.4. The molecule has 27 heavy (non-hydrogen) atoms. The molecule has 1 unspecified atom stereocenters. The second kappa shape index (κ2) is 9.86. The van der Waals surface area contributed by atoms with Crippen LogP contribution < -0.4 is 0 Å². The van der Waals surface area contributed by atoms with Crippen LogP contribution >= 0.6 is 0 Å². The summed E-state index contributed by atoms with van der Waals surface area (Å²) >= 11 is 0. The highest BCUT2D eigenvalue weighted by Crippen LogP contribution is 2.29. The maximum atomic E-state index is 11.5. The number of rotatable bonds is 6. The smallest absolute Gasteiger partial charge is 0.305 e. The molecule has 0 bridgehead atoms. The zero-order chi connectivity index (χ0) is 20.7. The van der Waals surface area contributed by atoms with Gasteiger partial charge in [0.25, 0.3) is 0 Å². The molecule has 1 aliphatic rings. The van der Waals surface area contributed by atoms with Crippen molar-refractivity contribution in [1.82, 2.24) is 0 Å². The first-order chi connectivity index (χ1) is 12.5. The van der Waals surface area contributed by atoms with Crippen LogP contribution in [0.3, 0.4) is 0 Å². The Morgan fingerprint density at radius 2 is 1.07 bits per heavy atom. The Hall–Kier alpha value is -2.69. The van der Waals surface area contributed by atoms with Crippen LogP contribution in [0.1, 0.15) is 34.6 Å². The van der Waals surface area contributed by atoms with Crippen molar-refractivity contribution in [2.24, 2.45) is 0 Å². The van der Waals surface area contributed by atoms with Crippen molar-refractivity contribution in [1.29, 1.82) is 0 Å². The molecule has 0 amide bonds. The molecule has 1 aliphatic heterocycles. The molecule has 0 aliphatic carbocycles. The largest absolute Gasteiger partial charge is 0.463 e. The minimum Gasteiger partial charge on any atom is -0.463 e. The van der Waals surface area contributed by atoms with Crippen molar-refractivity contribution < 1.29 is 52.4 Å². The van der Waals surface area contributed by atoms with Crippen LogP contribution in [0.4, 0.5) is 0 Å². The Balaban J connectivity index is 3.29. The van der Waals surface area contributed by atoms with Gasteiger partial charge in [0.1, 0.15) is 12.7 Å². The SMILES string of the molecule is CC(=O)OC[C@@H]1OC(OC(C)=O)[C@H](OC(C)=O)[C@@H](OC(C)=O)[C@@H]1OC(C)=O. The van der Waals surface area contributed by atoms with Crippen LogP contribution in [0.25, 0.3) is 0 Å². The van der Waals surface area contributed by atoms with E-state index >= 15 is 0 Å². The van der Waals surface area contributed by atoms with E-state index in [4.69, 9.17) is 28.4 Å². The van der Waals surface area contributed by atoms with Crippen LogP contribution in [0.15, 0.2) is 0 Å². The topological polar surface area (TPSA) is 141 Å². The third-order valence-electron chi connectivity index (χ3n) is 3.23. The fourth-order valence-corrected chi connectivity index (χ4v) is 2.45. The molecule has 1 rings (SSSR count). The van der Waals surface area contributed by atoms with Gasteiger partial charge in [-0.15, -0.1) is 0 Å². The molecule has 152 valence electrons. The minimum absolute atomic E-state index is 0.393. The highest BCUT2D eigenvalue weighted by atomic mass is 16.7. The van der Waals surface area contributed by atoms with Gasteiger partial charge in [-0.1, -0.05) is 0 Å². The van der Waals surface area contributed by atoms with Gasteiger partial charge in [-0.2, -0.15) is 0 Å². The first-order valence-corrected chi connectivity index (χ1v) is 7.99. The highest BCUT2D eigenvalue weighted by Gasteiger charge is 2.53. The number of carbonyl (C=O) groups excluding carboxylic acids is 5. The zero-order valence-corrected chi connectivity index (χ0v) is 15.6. The molecule has 1 fully saturated rings. The van der Waals surface area contributed by atoms with E-state index in [1.165, 1.54) is 0 Å². The number of esters is 5. The quantitative estimate of drug-likeness (QED) is 0.433. The fourth-order valence-electron chi connectivity index (χ4n) is 2.45. The Labute approximate surface area is 155 Å². The van der Waals surface area contributed by atoms with E-state index in [-0.39, 0.29) is 0 Å². The van der Waals surface area contributed by atoms with Crippen LogP contribution in [-0.2, 0) is 52.4 Å². The molecular formula is C16H22O11. The van der Waals surface area contributed by atoms with Crippen molar-refractivity contribution in [3.63, 3.8) is 0 Å². The fraction of sp³-hybridized carbons (Fsp3) is 0.688. The summed E-state index contributed by atoms with van der Waals surface area (Å²) in [7, 11) is 0. The standard InChI is InChI=1S/C16H22O11/c1-7(17)22-6-12-13(23-8(2)18)14(24-9(3)19)15(25-10(4)20)16(27-12)26-11(5)21/h12-16H,6H2,1-5H3/t12-,13+,14-,15+,16?/m0/s1. The summed E-state index contributed by atoms with van der Waals surface area (Å²) < 4.78 is 30.8. The molecule has 11 nitrogen and oxygen atoms in total. The van der Waals surface area contributed by atoms with E-state index in [1.807, 2.05) is 0 Å². The van der Waals surface area contributed by atoms with Gasteiger partial charge in [0.05, 0.1) is 0 Å². The summed E-state index contributed by atoms with van der Waals surface area (Å²) in [4.78, 5) is 57.0. The summed E-state index contributed by atoms with van der Waals surface area (Å²) in [5.41, 5.74) is 0. The van der Waals surface area contributed by atoms with Crippen LogP contribution in [0, 0.1) is 0 Å². The van der Waals surface area contributed by atoms with Gasteiger partial charge in [0.2, 0.25) is 12.4 Å². The average Bonchev–Trinajstić information content (AvgIpc) is 2.49. The van der Waals surface area contributed by atoms with Crippen molar-refractivity contribution in [2.75, 3.05) is 6.61 Å². The van der Waals surface area contributed by atoms with Crippen molar-refractivity contribution in [3.8, 4) is 0 Å². The van der Waals surface area contributed by atoms with Gasteiger partial charge in [-0.25, -0.2) is 0 Å². The molecule has 0 aromatic heterocycles. The second-order valence-electron chi connectivity index (χ2n) is 5.68. The molecule has 0 saturated carbocycles. The van der Waals surface area contributed by atoms with E-state index < -0.39 is 67.2 Å². The number of ether oxygens (including phenoxy) is 6. The molecule has 11 heteroatoms. The molecule has 1 saturated heterocycles. The average molecular weight is 390 g/mol. The molecule has 0 aromatic rings. The van der Waals surface area contributed by atoms with Crippen LogP contribution in [0.2, 0.25) is 0 Å². The molecule has 0 N–H and O–H groups in total. The molecular weight excluding hydrogens is 368 g/mol. The normalized spacial score (nSPS) is 27.1. The molecule has 0 spiro atoms. The Morgan fingerprint density at radius 1 is 0.630 bits per heavy atom. The summed E-state index contributed by atoms with van der Waals surface area (Å²) in [6, 6.07) is 0. The van der Waals surface area contributed by atoms with Gasteiger partial charge in [0, 0.05) is 34.6 Å². The minimum atomic E-state index is -1.48.